The Balaban J connectivity index is 2.70. The van der Waals surface area contributed by atoms with Crippen LogP contribution in [0.4, 0.5) is 0 Å². The number of nitriles is 1. The zero-order chi connectivity index (χ0) is 14.9. The van der Waals surface area contributed by atoms with Crippen molar-refractivity contribution in [1.29, 1.82) is 5.26 Å². The zero-order valence-electron chi connectivity index (χ0n) is 11.8. The van der Waals surface area contributed by atoms with Crippen LogP contribution in [0.15, 0.2) is 37.1 Å². The molecule has 0 bridgehead atoms. The molecular formula is C16H16N2O2. The van der Waals surface area contributed by atoms with E-state index in [1.807, 2.05) is 25.3 Å². The molecule has 0 fully saturated rings. The van der Waals surface area contributed by atoms with E-state index in [2.05, 4.69) is 12.6 Å². The summed E-state index contributed by atoms with van der Waals surface area (Å²) >= 11 is 0. The first-order chi connectivity index (χ1) is 9.36. The van der Waals surface area contributed by atoms with Gasteiger partial charge in [-0.05, 0) is 39.0 Å². The third-order valence-electron chi connectivity index (χ3n) is 3.00. The van der Waals surface area contributed by atoms with Crippen molar-refractivity contribution in [1.82, 2.24) is 4.57 Å². The Morgan fingerprint density at radius 2 is 2.15 bits per heavy atom. The molecule has 0 N–H and O–H groups in total. The van der Waals surface area contributed by atoms with Gasteiger partial charge in [0.05, 0.1) is 17.1 Å². The summed E-state index contributed by atoms with van der Waals surface area (Å²) in [7, 11) is 0. The predicted octanol–water partition coefficient (Wildman–Crippen LogP) is 3.36. The summed E-state index contributed by atoms with van der Waals surface area (Å²) in [6.07, 6.45) is 2.91. The average Bonchev–Trinajstić information content (AvgIpc) is 2.76. The lowest BCUT2D eigenvalue weighted by Gasteiger charge is -2.22. The van der Waals surface area contributed by atoms with E-state index in [0.29, 0.717) is 11.3 Å². The Hall–Kier alpha value is -2.54. The Morgan fingerprint density at radius 1 is 1.45 bits per heavy atom. The highest BCUT2D eigenvalue weighted by molar-refractivity contribution is 5.92. The fourth-order valence-electron chi connectivity index (χ4n) is 2.05. The minimum atomic E-state index is -0.498. The molecule has 4 heteroatoms. The number of fused-ring (bicyclic) bond motifs is 1. The van der Waals surface area contributed by atoms with Gasteiger partial charge in [0.1, 0.15) is 0 Å². The molecule has 1 aromatic carbocycles. The van der Waals surface area contributed by atoms with E-state index in [9.17, 15) is 4.79 Å². The van der Waals surface area contributed by atoms with Gasteiger partial charge in [0, 0.05) is 23.2 Å². The van der Waals surface area contributed by atoms with Crippen molar-refractivity contribution < 1.29 is 9.53 Å². The van der Waals surface area contributed by atoms with E-state index in [1.54, 1.807) is 24.4 Å². The fourth-order valence-corrected chi connectivity index (χ4v) is 2.05. The molecular weight excluding hydrogens is 252 g/mol. The highest BCUT2D eigenvalue weighted by Crippen LogP contribution is 2.33. The van der Waals surface area contributed by atoms with Crippen molar-refractivity contribution in [2.45, 2.75) is 26.3 Å². The van der Waals surface area contributed by atoms with E-state index in [-0.39, 0.29) is 5.54 Å². The van der Waals surface area contributed by atoms with Crippen molar-refractivity contribution in [3.05, 3.63) is 42.6 Å². The average molecular weight is 268 g/mol. The van der Waals surface area contributed by atoms with Crippen LogP contribution in [-0.2, 0) is 10.3 Å². The lowest BCUT2D eigenvalue weighted by Crippen LogP contribution is -2.20. The number of carbonyl (C=O) groups is 1. The fraction of sp³-hybridized carbons (Fsp3) is 0.250. The Labute approximate surface area is 117 Å². The SMILES string of the molecule is C=CC(=O)Oc1cn(C(C)(C)C)c2cc(C#N)ccc12. The number of hydrogen-bond donors (Lipinski definition) is 0. The lowest BCUT2D eigenvalue weighted by molar-refractivity contribution is -0.128. The maximum absolute atomic E-state index is 11.4. The molecule has 0 spiro atoms. The van der Waals surface area contributed by atoms with E-state index >= 15 is 0 Å². The van der Waals surface area contributed by atoms with Crippen LogP contribution in [0.25, 0.3) is 10.9 Å². The number of nitrogens with zero attached hydrogens (tertiary/aromatic N) is 2. The van der Waals surface area contributed by atoms with E-state index in [0.717, 1.165) is 17.0 Å². The van der Waals surface area contributed by atoms with Crippen molar-refractivity contribution >= 4 is 16.9 Å². The highest BCUT2D eigenvalue weighted by Gasteiger charge is 2.20. The van der Waals surface area contributed by atoms with E-state index in [1.165, 1.54) is 0 Å². The quantitative estimate of drug-likeness (QED) is 0.620. The van der Waals surface area contributed by atoms with Crippen LogP contribution in [0.3, 0.4) is 0 Å². The molecule has 2 aromatic rings. The first kappa shape index (κ1) is 13.9. The molecule has 0 aliphatic heterocycles. The minimum absolute atomic E-state index is 0.189. The molecule has 1 heterocycles. The van der Waals surface area contributed by atoms with Crippen LogP contribution < -0.4 is 4.74 Å². The minimum Gasteiger partial charge on any atom is -0.421 e. The van der Waals surface area contributed by atoms with Gasteiger partial charge in [-0.25, -0.2) is 4.79 Å². The van der Waals surface area contributed by atoms with Crippen molar-refractivity contribution in [2.75, 3.05) is 0 Å². The Morgan fingerprint density at radius 3 is 2.70 bits per heavy atom. The molecule has 0 unspecified atom stereocenters. The van der Waals surface area contributed by atoms with E-state index < -0.39 is 5.97 Å². The lowest BCUT2D eigenvalue weighted by atomic mass is 10.1. The number of esters is 1. The second-order valence-electron chi connectivity index (χ2n) is 5.50. The Bertz CT molecular complexity index is 727. The van der Waals surface area contributed by atoms with Crippen LogP contribution in [0.2, 0.25) is 0 Å². The summed E-state index contributed by atoms with van der Waals surface area (Å²) in [5, 5.41) is 9.82. The highest BCUT2D eigenvalue weighted by atomic mass is 16.5. The molecule has 102 valence electrons. The largest absolute Gasteiger partial charge is 0.421 e. The second-order valence-corrected chi connectivity index (χ2v) is 5.50. The zero-order valence-corrected chi connectivity index (χ0v) is 11.8. The van der Waals surface area contributed by atoms with Crippen molar-refractivity contribution in [3.63, 3.8) is 0 Å². The molecule has 4 nitrogen and oxygen atoms in total. The summed E-state index contributed by atoms with van der Waals surface area (Å²) in [5.74, 6) is -0.0216. The van der Waals surface area contributed by atoms with Gasteiger partial charge in [0.15, 0.2) is 5.75 Å². The molecule has 0 saturated heterocycles. The second kappa shape index (κ2) is 4.86. The predicted molar refractivity (Wildman–Crippen MR) is 77.5 cm³/mol. The van der Waals surface area contributed by atoms with Crippen LogP contribution in [0.1, 0.15) is 26.3 Å². The van der Waals surface area contributed by atoms with Crippen LogP contribution in [0, 0.1) is 11.3 Å². The van der Waals surface area contributed by atoms with Crippen molar-refractivity contribution in [2.24, 2.45) is 0 Å². The summed E-state index contributed by atoms with van der Waals surface area (Å²) < 4.78 is 7.26. The van der Waals surface area contributed by atoms with Gasteiger partial charge in [-0.2, -0.15) is 5.26 Å². The molecule has 0 amide bonds. The number of hydrogen-bond acceptors (Lipinski definition) is 3. The Kier molecular flexibility index (Phi) is 3.37. The van der Waals surface area contributed by atoms with Crippen LogP contribution in [-0.4, -0.2) is 10.5 Å². The molecule has 2 rings (SSSR count). The third-order valence-corrected chi connectivity index (χ3v) is 3.00. The molecule has 0 aliphatic carbocycles. The van der Waals surface area contributed by atoms with Gasteiger partial charge in [-0.15, -0.1) is 0 Å². The topological polar surface area (TPSA) is 55.0 Å². The van der Waals surface area contributed by atoms with Crippen LogP contribution >= 0.6 is 0 Å². The summed E-state index contributed by atoms with van der Waals surface area (Å²) in [5.41, 5.74) is 1.25. The van der Waals surface area contributed by atoms with Crippen LogP contribution in [0.5, 0.6) is 5.75 Å². The van der Waals surface area contributed by atoms with Gasteiger partial charge >= 0.3 is 5.97 Å². The first-order valence-electron chi connectivity index (χ1n) is 6.27. The van der Waals surface area contributed by atoms with Crippen molar-refractivity contribution in [3.8, 4) is 11.8 Å². The van der Waals surface area contributed by atoms with Gasteiger partial charge in [0.2, 0.25) is 0 Å². The number of carbonyl (C=O) groups excluding carboxylic acids is 1. The molecule has 0 radical (unpaired) electrons. The van der Waals surface area contributed by atoms with E-state index in [4.69, 9.17) is 10.00 Å². The summed E-state index contributed by atoms with van der Waals surface area (Å²) in [6.45, 7) is 9.53. The van der Waals surface area contributed by atoms with Gasteiger partial charge < -0.3 is 9.30 Å². The maximum Gasteiger partial charge on any atom is 0.335 e. The molecule has 20 heavy (non-hydrogen) atoms. The number of aromatic nitrogens is 1. The summed E-state index contributed by atoms with van der Waals surface area (Å²) in [4.78, 5) is 11.4. The number of benzene rings is 1. The molecule has 1 aromatic heterocycles. The number of ether oxygens (including phenoxy) is 1. The molecule has 0 aliphatic rings. The summed E-state index contributed by atoms with van der Waals surface area (Å²) in [6, 6.07) is 7.42. The maximum atomic E-state index is 11.4. The smallest absolute Gasteiger partial charge is 0.335 e. The van der Waals surface area contributed by atoms with Gasteiger partial charge in [-0.1, -0.05) is 6.58 Å². The monoisotopic (exact) mass is 268 g/mol. The standard InChI is InChI=1S/C16H16N2O2/c1-5-15(19)20-14-10-18(16(2,3)4)13-8-11(9-17)6-7-12(13)14/h5-8,10H,1H2,2-4H3. The first-order valence-corrected chi connectivity index (χ1v) is 6.27. The third kappa shape index (κ3) is 2.43. The molecule has 0 saturated carbocycles. The normalized spacial score (nSPS) is 11.1. The van der Waals surface area contributed by atoms with Gasteiger partial charge in [-0.3, -0.25) is 0 Å². The number of rotatable bonds is 2. The molecule has 0 atom stereocenters. The van der Waals surface area contributed by atoms with Gasteiger partial charge in [0.25, 0.3) is 0 Å².